The van der Waals surface area contributed by atoms with Gasteiger partial charge < -0.3 is 10.6 Å². The minimum Gasteiger partial charge on any atom is -0.348 e. The fraction of sp³-hybridized carbons (Fsp3) is 0.500. The van der Waals surface area contributed by atoms with Crippen LogP contribution in [0.3, 0.4) is 0 Å². The van der Waals surface area contributed by atoms with Crippen LogP contribution in [0.4, 0.5) is 0 Å². The molecule has 0 heterocycles. The Morgan fingerprint density at radius 1 is 1.35 bits per heavy atom. The molecule has 0 fully saturated rings. The number of hydrogen-bond acceptors (Lipinski definition) is 2. The Morgan fingerprint density at radius 3 is 2.71 bits per heavy atom. The van der Waals surface area contributed by atoms with Gasteiger partial charge in [0.15, 0.2) is 0 Å². The van der Waals surface area contributed by atoms with Crippen LogP contribution in [0.5, 0.6) is 0 Å². The van der Waals surface area contributed by atoms with E-state index in [2.05, 4.69) is 36.6 Å². The van der Waals surface area contributed by atoms with Crippen LogP contribution in [-0.4, -0.2) is 19.0 Å². The van der Waals surface area contributed by atoms with Crippen molar-refractivity contribution in [3.05, 3.63) is 35.4 Å². The number of carbonyl (C=O) groups is 1. The van der Waals surface area contributed by atoms with Crippen LogP contribution in [0.1, 0.15) is 37.4 Å². The van der Waals surface area contributed by atoms with Crippen LogP contribution in [0.15, 0.2) is 24.3 Å². The first-order chi connectivity index (χ1) is 8.15. The minimum atomic E-state index is 0.0502. The van der Waals surface area contributed by atoms with Gasteiger partial charge in [-0.2, -0.15) is 0 Å². The van der Waals surface area contributed by atoms with E-state index in [4.69, 9.17) is 0 Å². The first-order valence-electron chi connectivity index (χ1n) is 6.20. The van der Waals surface area contributed by atoms with Crippen molar-refractivity contribution >= 4 is 5.91 Å². The van der Waals surface area contributed by atoms with Gasteiger partial charge >= 0.3 is 0 Å². The molecule has 1 aromatic carbocycles. The fourth-order valence-electron chi connectivity index (χ4n) is 1.82. The molecule has 1 rings (SSSR count). The van der Waals surface area contributed by atoms with Gasteiger partial charge in [0.05, 0.1) is 12.6 Å². The lowest BCUT2D eigenvalue weighted by Gasteiger charge is -2.16. The summed E-state index contributed by atoms with van der Waals surface area (Å²) in [5, 5.41) is 6.09. The molecule has 2 N–H and O–H groups in total. The summed E-state index contributed by atoms with van der Waals surface area (Å²) in [6.07, 6.45) is 1.04. The molecular formula is C14H22N2O. The second-order valence-corrected chi connectivity index (χ2v) is 4.32. The summed E-state index contributed by atoms with van der Waals surface area (Å²) in [7, 11) is 0. The van der Waals surface area contributed by atoms with E-state index in [1.54, 1.807) is 0 Å². The van der Waals surface area contributed by atoms with Gasteiger partial charge in [-0.15, -0.1) is 0 Å². The van der Waals surface area contributed by atoms with Gasteiger partial charge in [0.2, 0.25) is 5.91 Å². The highest BCUT2D eigenvalue weighted by atomic mass is 16.1. The van der Waals surface area contributed by atoms with Crippen LogP contribution in [0.25, 0.3) is 0 Å². The molecule has 0 spiro atoms. The second kappa shape index (κ2) is 7.07. The van der Waals surface area contributed by atoms with Crippen molar-refractivity contribution in [1.82, 2.24) is 10.6 Å². The number of nitrogens with one attached hydrogen (secondary N) is 2. The van der Waals surface area contributed by atoms with E-state index >= 15 is 0 Å². The zero-order valence-corrected chi connectivity index (χ0v) is 10.9. The summed E-state index contributed by atoms with van der Waals surface area (Å²) in [6, 6.07) is 8.19. The first kappa shape index (κ1) is 13.7. The molecule has 0 bridgehead atoms. The Balaban J connectivity index is 2.46. The molecule has 94 valence electrons. The number of aryl methyl sites for hydroxylation is 1. The maximum Gasteiger partial charge on any atom is 0.234 e. The molecule has 1 atom stereocenters. The van der Waals surface area contributed by atoms with Crippen molar-refractivity contribution in [2.24, 2.45) is 0 Å². The third kappa shape index (κ3) is 4.57. The molecule has 0 aromatic heterocycles. The highest BCUT2D eigenvalue weighted by molar-refractivity contribution is 5.78. The SMILES string of the molecule is CCCNCC(=O)N[C@@H](C)c1ccccc1C. The van der Waals surface area contributed by atoms with Crippen LogP contribution in [-0.2, 0) is 4.79 Å². The van der Waals surface area contributed by atoms with Crippen molar-refractivity contribution in [2.75, 3.05) is 13.1 Å². The number of benzene rings is 1. The van der Waals surface area contributed by atoms with Gasteiger partial charge in [0.1, 0.15) is 0 Å². The summed E-state index contributed by atoms with van der Waals surface area (Å²) < 4.78 is 0. The zero-order valence-electron chi connectivity index (χ0n) is 10.9. The summed E-state index contributed by atoms with van der Waals surface area (Å²) in [5.41, 5.74) is 2.39. The minimum absolute atomic E-state index is 0.0502. The third-order valence-electron chi connectivity index (χ3n) is 2.74. The van der Waals surface area contributed by atoms with E-state index < -0.39 is 0 Å². The number of carbonyl (C=O) groups excluding carboxylic acids is 1. The Hall–Kier alpha value is -1.35. The van der Waals surface area contributed by atoms with Crippen molar-refractivity contribution < 1.29 is 4.79 Å². The molecule has 3 nitrogen and oxygen atoms in total. The van der Waals surface area contributed by atoms with Crippen molar-refractivity contribution in [2.45, 2.75) is 33.2 Å². The predicted molar refractivity (Wildman–Crippen MR) is 70.9 cm³/mol. The zero-order chi connectivity index (χ0) is 12.7. The van der Waals surface area contributed by atoms with E-state index in [1.165, 1.54) is 11.1 Å². The van der Waals surface area contributed by atoms with Crippen LogP contribution in [0.2, 0.25) is 0 Å². The lowest BCUT2D eigenvalue weighted by Crippen LogP contribution is -2.35. The average Bonchev–Trinajstić information content (AvgIpc) is 2.29. The molecule has 0 aliphatic rings. The van der Waals surface area contributed by atoms with E-state index in [9.17, 15) is 4.79 Å². The molecule has 0 aliphatic carbocycles. The Kier molecular flexibility index (Phi) is 5.70. The smallest absolute Gasteiger partial charge is 0.234 e. The van der Waals surface area contributed by atoms with E-state index in [0.29, 0.717) is 6.54 Å². The highest BCUT2D eigenvalue weighted by Gasteiger charge is 2.10. The number of rotatable bonds is 6. The summed E-state index contributed by atoms with van der Waals surface area (Å²) >= 11 is 0. The van der Waals surface area contributed by atoms with Crippen molar-refractivity contribution in [1.29, 1.82) is 0 Å². The maximum atomic E-state index is 11.6. The molecule has 1 aromatic rings. The van der Waals surface area contributed by atoms with Gasteiger partial charge in [-0.1, -0.05) is 31.2 Å². The molecule has 0 unspecified atom stereocenters. The molecule has 0 aliphatic heterocycles. The monoisotopic (exact) mass is 234 g/mol. The molecular weight excluding hydrogens is 212 g/mol. The second-order valence-electron chi connectivity index (χ2n) is 4.32. The van der Waals surface area contributed by atoms with Crippen LogP contribution in [0, 0.1) is 6.92 Å². The van der Waals surface area contributed by atoms with E-state index in [0.717, 1.165) is 13.0 Å². The van der Waals surface area contributed by atoms with Gasteiger partial charge in [-0.25, -0.2) is 0 Å². The standard InChI is InChI=1S/C14H22N2O/c1-4-9-15-10-14(17)16-12(3)13-8-6-5-7-11(13)2/h5-8,12,15H,4,9-10H2,1-3H3,(H,16,17)/t12-/m0/s1. The molecule has 0 saturated carbocycles. The Morgan fingerprint density at radius 2 is 2.06 bits per heavy atom. The largest absolute Gasteiger partial charge is 0.348 e. The highest BCUT2D eigenvalue weighted by Crippen LogP contribution is 2.16. The lowest BCUT2D eigenvalue weighted by molar-refractivity contribution is -0.120. The first-order valence-corrected chi connectivity index (χ1v) is 6.20. The number of amides is 1. The molecule has 0 radical (unpaired) electrons. The van der Waals surface area contributed by atoms with Crippen molar-refractivity contribution in [3.8, 4) is 0 Å². The molecule has 17 heavy (non-hydrogen) atoms. The summed E-state index contributed by atoms with van der Waals surface area (Å²) in [5.74, 6) is 0.0502. The van der Waals surface area contributed by atoms with Crippen LogP contribution >= 0.6 is 0 Å². The van der Waals surface area contributed by atoms with Crippen molar-refractivity contribution in [3.63, 3.8) is 0 Å². The quantitative estimate of drug-likeness (QED) is 0.741. The van der Waals surface area contributed by atoms with Gasteiger partial charge in [0, 0.05) is 0 Å². The Bertz CT molecular complexity index is 363. The van der Waals surface area contributed by atoms with E-state index in [-0.39, 0.29) is 11.9 Å². The number of hydrogen-bond donors (Lipinski definition) is 2. The topological polar surface area (TPSA) is 41.1 Å². The normalized spacial score (nSPS) is 12.2. The van der Waals surface area contributed by atoms with E-state index in [1.807, 2.05) is 19.1 Å². The predicted octanol–water partition coefficient (Wildman–Crippen LogP) is 2.17. The molecule has 0 saturated heterocycles. The Labute approximate surface area is 104 Å². The molecule has 3 heteroatoms. The van der Waals surface area contributed by atoms with Gasteiger partial charge in [-0.3, -0.25) is 4.79 Å². The lowest BCUT2D eigenvalue weighted by atomic mass is 10.0. The summed E-state index contributed by atoms with van der Waals surface area (Å²) in [4.78, 5) is 11.6. The fourth-order valence-corrected chi connectivity index (χ4v) is 1.82. The summed E-state index contributed by atoms with van der Waals surface area (Å²) in [6.45, 7) is 7.43. The average molecular weight is 234 g/mol. The third-order valence-corrected chi connectivity index (χ3v) is 2.74. The van der Waals surface area contributed by atoms with Gasteiger partial charge in [-0.05, 0) is 37.9 Å². The maximum absolute atomic E-state index is 11.6. The van der Waals surface area contributed by atoms with Gasteiger partial charge in [0.25, 0.3) is 0 Å². The molecule has 1 amide bonds. The van der Waals surface area contributed by atoms with Crippen LogP contribution < -0.4 is 10.6 Å².